The second kappa shape index (κ2) is 4.88. The molecule has 0 aromatic heterocycles. The quantitative estimate of drug-likeness (QED) is 0.845. The fourth-order valence-corrected chi connectivity index (χ4v) is 2.45. The largest absolute Gasteiger partial charge is 0.486 e. The molecule has 0 bridgehead atoms. The lowest BCUT2D eigenvalue weighted by Gasteiger charge is -2.29. The fourth-order valence-electron chi connectivity index (χ4n) is 2.45. The molecule has 1 aromatic rings. The number of nitrogens with two attached hydrogens (primary N) is 1. The van der Waals surface area contributed by atoms with Crippen molar-refractivity contribution in [2.24, 2.45) is 5.73 Å². The van der Waals surface area contributed by atoms with Crippen LogP contribution in [0, 0.1) is 0 Å². The molecule has 1 aliphatic carbocycles. The highest BCUT2D eigenvalue weighted by Crippen LogP contribution is 2.33. The van der Waals surface area contributed by atoms with E-state index in [-0.39, 0.29) is 5.60 Å². The van der Waals surface area contributed by atoms with Crippen molar-refractivity contribution in [3.8, 4) is 5.75 Å². The van der Waals surface area contributed by atoms with Crippen molar-refractivity contribution in [1.29, 1.82) is 0 Å². The third-order valence-electron chi connectivity index (χ3n) is 3.53. The van der Waals surface area contributed by atoms with Crippen LogP contribution in [0.2, 0.25) is 0 Å². The molecular formula is C14H21NO. The van der Waals surface area contributed by atoms with Gasteiger partial charge in [0, 0.05) is 6.54 Å². The van der Waals surface area contributed by atoms with Crippen LogP contribution in [0.1, 0.15) is 38.2 Å². The molecule has 1 saturated carbocycles. The van der Waals surface area contributed by atoms with Crippen molar-refractivity contribution in [2.75, 3.05) is 6.54 Å². The summed E-state index contributed by atoms with van der Waals surface area (Å²) in [6, 6.07) is 8.37. The van der Waals surface area contributed by atoms with Gasteiger partial charge in [-0.25, -0.2) is 0 Å². The van der Waals surface area contributed by atoms with Gasteiger partial charge in [0.2, 0.25) is 0 Å². The Labute approximate surface area is 97.8 Å². The number of benzene rings is 1. The van der Waals surface area contributed by atoms with E-state index in [4.69, 9.17) is 10.5 Å². The van der Waals surface area contributed by atoms with Crippen LogP contribution in [0.5, 0.6) is 5.75 Å². The Bertz CT molecular complexity index is 342. The number of aryl methyl sites for hydroxylation is 1. The molecule has 2 nitrogen and oxygen atoms in total. The van der Waals surface area contributed by atoms with Crippen molar-refractivity contribution >= 4 is 0 Å². The van der Waals surface area contributed by atoms with Gasteiger partial charge in [-0.1, -0.05) is 19.1 Å². The van der Waals surface area contributed by atoms with Gasteiger partial charge in [0.15, 0.2) is 0 Å². The molecule has 0 saturated heterocycles. The maximum absolute atomic E-state index is 6.13. The van der Waals surface area contributed by atoms with Gasteiger partial charge in [-0.3, -0.25) is 0 Å². The van der Waals surface area contributed by atoms with Gasteiger partial charge in [0.05, 0.1) is 0 Å². The van der Waals surface area contributed by atoms with Gasteiger partial charge in [0.25, 0.3) is 0 Å². The van der Waals surface area contributed by atoms with Crippen LogP contribution in [0.4, 0.5) is 0 Å². The number of hydrogen-bond acceptors (Lipinski definition) is 2. The van der Waals surface area contributed by atoms with Gasteiger partial charge in [-0.15, -0.1) is 0 Å². The highest BCUT2D eigenvalue weighted by atomic mass is 16.5. The molecular weight excluding hydrogens is 198 g/mol. The van der Waals surface area contributed by atoms with E-state index in [1.807, 2.05) is 6.07 Å². The van der Waals surface area contributed by atoms with Crippen LogP contribution < -0.4 is 10.5 Å². The van der Waals surface area contributed by atoms with E-state index in [0.717, 1.165) is 25.0 Å². The molecule has 0 atom stereocenters. The first-order valence-electron chi connectivity index (χ1n) is 6.26. The first kappa shape index (κ1) is 11.5. The first-order chi connectivity index (χ1) is 7.78. The zero-order chi connectivity index (χ0) is 11.4. The van der Waals surface area contributed by atoms with Crippen LogP contribution >= 0.6 is 0 Å². The van der Waals surface area contributed by atoms with Crippen molar-refractivity contribution < 1.29 is 4.74 Å². The van der Waals surface area contributed by atoms with Gasteiger partial charge >= 0.3 is 0 Å². The standard InChI is InChI=1S/C14H21NO/c1-2-12-6-5-7-13(10-12)16-14(11-15)8-3-4-9-14/h5-7,10H,2-4,8-9,11,15H2,1H3. The molecule has 0 aliphatic heterocycles. The molecule has 0 amide bonds. The topological polar surface area (TPSA) is 35.2 Å². The molecule has 0 spiro atoms. The molecule has 1 fully saturated rings. The van der Waals surface area contributed by atoms with Crippen molar-refractivity contribution in [2.45, 2.75) is 44.6 Å². The van der Waals surface area contributed by atoms with Crippen molar-refractivity contribution in [3.63, 3.8) is 0 Å². The van der Waals surface area contributed by atoms with E-state index >= 15 is 0 Å². The molecule has 1 aliphatic rings. The minimum Gasteiger partial charge on any atom is -0.486 e. The Morgan fingerprint density at radius 1 is 1.31 bits per heavy atom. The molecule has 16 heavy (non-hydrogen) atoms. The van der Waals surface area contributed by atoms with E-state index < -0.39 is 0 Å². The number of hydrogen-bond donors (Lipinski definition) is 1. The van der Waals surface area contributed by atoms with Crippen LogP contribution in [0.15, 0.2) is 24.3 Å². The van der Waals surface area contributed by atoms with E-state index in [1.54, 1.807) is 0 Å². The van der Waals surface area contributed by atoms with Gasteiger partial charge in [-0.05, 0) is 49.8 Å². The van der Waals surface area contributed by atoms with Gasteiger partial charge in [-0.2, -0.15) is 0 Å². The highest BCUT2D eigenvalue weighted by molar-refractivity contribution is 5.29. The minimum atomic E-state index is -0.0909. The molecule has 0 heterocycles. The summed E-state index contributed by atoms with van der Waals surface area (Å²) in [5.74, 6) is 0.978. The fraction of sp³-hybridized carbons (Fsp3) is 0.571. The smallest absolute Gasteiger partial charge is 0.121 e. The normalized spacial score (nSPS) is 18.6. The molecule has 0 unspecified atom stereocenters. The lowest BCUT2D eigenvalue weighted by atomic mass is 10.0. The van der Waals surface area contributed by atoms with Gasteiger partial charge < -0.3 is 10.5 Å². The third kappa shape index (κ3) is 2.38. The lowest BCUT2D eigenvalue weighted by Crippen LogP contribution is -2.40. The van der Waals surface area contributed by atoms with Crippen molar-refractivity contribution in [1.82, 2.24) is 0 Å². The first-order valence-corrected chi connectivity index (χ1v) is 6.26. The summed E-state index contributed by atoms with van der Waals surface area (Å²) in [6.07, 6.45) is 5.72. The van der Waals surface area contributed by atoms with Crippen LogP contribution in [0.25, 0.3) is 0 Å². The highest BCUT2D eigenvalue weighted by Gasteiger charge is 2.34. The summed E-state index contributed by atoms with van der Waals surface area (Å²) in [4.78, 5) is 0. The predicted octanol–water partition coefficient (Wildman–Crippen LogP) is 2.90. The van der Waals surface area contributed by atoms with E-state index in [0.29, 0.717) is 6.54 Å². The Balaban J connectivity index is 2.12. The predicted molar refractivity (Wildman–Crippen MR) is 66.7 cm³/mol. The summed E-state index contributed by atoms with van der Waals surface area (Å²) in [7, 11) is 0. The molecule has 2 rings (SSSR count). The lowest BCUT2D eigenvalue weighted by molar-refractivity contribution is 0.0852. The average Bonchev–Trinajstić information content (AvgIpc) is 2.78. The van der Waals surface area contributed by atoms with Crippen LogP contribution in [-0.4, -0.2) is 12.1 Å². The van der Waals surface area contributed by atoms with Crippen LogP contribution in [0.3, 0.4) is 0 Å². The maximum Gasteiger partial charge on any atom is 0.121 e. The number of ether oxygens (including phenoxy) is 1. The molecule has 2 N–H and O–H groups in total. The van der Waals surface area contributed by atoms with Gasteiger partial charge in [0.1, 0.15) is 11.4 Å². The second-order valence-electron chi connectivity index (χ2n) is 4.70. The molecule has 1 aromatic carbocycles. The number of rotatable bonds is 4. The summed E-state index contributed by atoms with van der Waals surface area (Å²) in [6.45, 7) is 2.79. The summed E-state index contributed by atoms with van der Waals surface area (Å²) >= 11 is 0. The Hall–Kier alpha value is -1.02. The third-order valence-corrected chi connectivity index (χ3v) is 3.53. The summed E-state index contributed by atoms with van der Waals surface area (Å²) < 4.78 is 6.13. The molecule has 0 radical (unpaired) electrons. The zero-order valence-corrected chi connectivity index (χ0v) is 10.0. The Morgan fingerprint density at radius 2 is 2.06 bits per heavy atom. The maximum atomic E-state index is 6.13. The summed E-state index contributed by atoms with van der Waals surface area (Å²) in [5, 5.41) is 0. The molecule has 88 valence electrons. The van der Waals surface area contributed by atoms with E-state index in [2.05, 4.69) is 25.1 Å². The summed E-state index contributed by atoms with van der Waals surface area (Å²) in [5.41, 5.74) is 7.09. The average molecular weight is 219 g/mol. The van der Waals surface area contributed by atoms with E-state index in [1.165, 1.54) is 18.4 Å². The SMILES string of the molecule is CCc1cccc(OC2(CN)CCCC2)c1. The zero-order valence-electron chi connectivity index (χ0n) is 10.0. The Kier molecular flexibility index (Phi) is 3.49. The van der Waals surface area contributed by atoms with E-state index in [9.17, 15) is 0 Å². The van der Waals surface area contributed by atoms with Crippen molar-refractivity contribution in [3.05, 3.63) is 29.8 Å². The monoisotopic (exact) mass is 219 g/mol. The second-order valence-corrected chi connectivity index (χ2v) is 4.70. The minimum absolute atomic E-state index is 0.0909. The Morgan fingerprint density at radius 3 is 2.69 bits per heavy atom. The van der Waals surface area contributed by atoms with Crippen LogP contribution in [-0.2, 0) is 6.42 Å². The molecule has 2 heteroatoms.